The molecular formula is C47H61N9O5. The number of nitrogens with one attached hydrogen (secondary N) is 3. The van der Waals surface area contributed by atoms with Crippen LogP contribution in [0.1, 0.15) is 63.1 Å². The topological polar surface area (TPSA) is 163 Å². The van der Waals surface area contributed by atoms with Gasteiger partial charge in [-0.1, -0.05) is 107 Å². The van der Waals surface area contributed by atoms with E-state index in [4.69, 9.17) is 0 Å². The molecule has 0 spiro atoms. The number of aryl methyl sites for hydroxylation is 1. The van der Waals surface area contributed by atoms with Gasteiger partial charge in [-0.05, 0) is 60.6 Å². The van der Waals surface area contributed by atoms with Crippen LogP contribution in [-0.4, -0.2) is 116 Å². The Bertz CT molecular complexity index is 2070. The molecule has 4 aromatic rings. The van der Waals surface area contributed by atoms with Gasteiger partial charge in [0.15, 0.2) is 0 Å². The highest BCUT2D eigenvalue weighted by Crippen LogP contribution is 2.24. The average Bonchev–Trinajstić information content (AvgIpc) is 3.84. The maximum absolute atomic E-state index is 14.6. The standard InChI is InChI=1S/C47H61N9O5/c1-6-32(3)42(56-27-26-53(47(56)61)30-38-17-13-14-34(5)50-38)44(58)51-40(28-35-15-9-8-10-16-35)41(57)31-54(29-36-19-21-37(22-20-36)39-18-11-12-23-48-39)52-45(59)43(33(4)7-2)55-25-24-49-46(55)60/h8-23,32-33,40-43,57H,6-7,24-31H2,1-5H3,(H,49,60)(H,51,58)(H,52,59)/t32?,33-,40-,41-,42?,43-/m0/s1. The molecule has 14 nitrogen and oxygen atoms in total. The van der Waals surface area contributed by atoms with E-state index in [-0.39, 0.29) is 48.8 Å². The molecule has 4 heterocycles. The van der Waals surface area contributed by atoms with Gasteiger partial charge in [-0.15, -0.1) is 0 Å². The number of benzene rings is 2. The second-order valence-corrected chi connectivity index (χ2v) is 16.4. The Morgan fingerprint density at radius 3 is 2.16 bits per heavy atom. The molecule has 4 N–H and O–H groups in total. The maximum Gasteiger partial charge on any atom is 0.321 e. The lowest BCUT2D eigenvalue weighted by molar-refractivity contribution is -0.134. The van der Waals surface area contributed by atoms with Crippen LogP contribution >= 0.6 is 0 Å². The van der Waals surface area contributed by atoms with Crippen LogP contribution in [0.15, 0.2) is 97.2 Å². The van der Waals surface area contributed by atoms with Crippen molar-refractivity contribution < 1.29 is 24.3 Å². The molecule has 2 saturated heterocycles. The first-order valence-electron chi connectivity index (χ1n) is 21.6. The van der Waals surface area contributed by atoms with Gasteiger partial charge in [0.05, 0.1) is 30.1 Å². The Morgan fingerprint density at radius 2 is 1.52 bits per heavy atom. The zero-order chi connectivity index (χ0) is 43.5. The van der Waals surface area contributed by atoms with Crippen LogP contribution in [0, 0.1) is 18.8 Å². The maximum atomic E-state index is 14.6. The van der Waals surface area contributed by atoms with Crippen molar-refractivity contribution in [3.63, 3.8) is 0 Å². The number of nitrogens with zero attached hydrogens (tertiary/aromatic N) is 6. The van der Waals surface area contributed by atoms with Gasteiger partial charge < -0.3 is 30.4 Å². The van der Waals surface area contributed by atoms with Crippen molar-refractivity contribution in [2.45, 2.75) is 91.2 Å². The molecule has 324 valence electrons. The highest BCUT2D eigenvalue weighted by Gasteiger charge is 2.41. The Balaban J connectivity index is 1.26. The molecule has 2 unspecified atom stereocenters. The number of hydrogen-bond acceptors (Lipinski definition) is 8. The SMILES string of the molecule is CCC(C)C(C(=O)N[C@@H](Cc1ccccc1)[C@@H](O)CN(Cc1ccc(-c2ccccn2)cc1)NC(=O)[C@H]([C@@H](C)CC)N1CCNC1=O)N1CCN(Cc2cccc(C)n2)C1=O. The molecule has 2 aliphatic heterocycles. The van der Waals surface area contributed by atoms with Crippen molar-refractivity contribution in [2.24, 2.45) is 11.8 Å². The number of urea groups is 2. The number of amides is 6. The smallest absolute Gasteiger partial charge is 0.321 e. The van der Waals surface area contributed by atoms with Crippen LogP contribution < -0.4 is 16.1 Å². The summed E-state index contributed by atoms with van der Waals surface area (Å²) in [6.07, 6.45) is 2.18. The highest BCUT2D eigenvalue weighted by molar-refractivity contribution is 5.89. The largest absolute Gasteiger partial charge is 0.390 e. The van der Waals surface area contributed by atoms with E-state index in [1.54, 1.807) is 25.9 Å². The van der Waals surface area contributed by atoms with Crippen LogP contribution in [0.4, 0.5) is 9.59 Å². The fraction of sp³-hybridized carbons (Fsp3) is 0.447. The minimum absolute atomic E-state index is 0.0567. The first kappa shape index (κ1) is 44.7. The monoisotopic (exact) mass is 831 g/mol. The van der Waals surface area contributed by atoms with Crippen LogP contribution in [0.3, 0.4) is 0 Å². The Kier molecular flexibility index (Phi) is 15.5. The van der Waals surface area contributed by atoms with Gasteiger partial charge in [0.1, 0.15) is 12.1 Å². The Hall–Kier alpha value is -5.86. The summed E-state index contributed by atoms with van der Waals surface area (Å²) in [4.78, 5) is 69.7. The molecule has 0 aliphatic carbocycles. The van der Waals surface area contributed by atoms with E-state index in [1.807, 2.05) is 126 Å². The number of carbonyl (C=O) groups excluding carboxylic acids is 4. The fourth-order valence-electron chi connectivity index (χ4n) is 8.18. The van der Waals surface area contributed by atoms with Crippen molar-refractivity contribution in [3.05, 3.63) is 120 Å². The summed E-state index contributed by atoms with van der Waals surface area (Å²) in [5.74, 6) is -1.04. The third-order valence-electron chi connectivity index (χ3n) is 11.9. The molecule has 61 heavy (non-hydrogen) atoms. The van der Waals surface area contributed by atoms with E-state index in [0.29, 0.717) is 52.0 Å². The number of rotatable bonds is 20. The predicted molar refractivity (Wildman–Crippen MR) is 234 cm³/mol. The first-order valence-corrected chi connectivity index (χ1v) is 21.6. The average molecular weight is 832 g/mol. The van der Waals surface area contributed by atoms with Crippen molar-refractivity contribution in [2.75, 3.05) is 32.7 Å². The van der Waals surface area contributed by atoms with Gasteiger partial charge in [-0.25, -0.2) is 14.6 Å². The summed E-state index contributed by atoms with van der Waals surface area (Å²) in [5.41, 5.74) is 8.26. The minimum atomic E-state index is -1.18. The van der Waals surface area contributed by atoms with Gasteiger partial charge in [0.2, 0.25) is 5.91 Å². The van der Waals surface area contributed by atoms with Gasteiger partial charge >= 0.3 is 12.1 Å². The molecule has 0 saturated carbocycles. The summed E-state index contributed by atoms with van der Waals surface area (Å²) in [7, 11) is 0. The second-order valence-electron chi connectivity index (χ2n) is 16.4. The summed E-state index contributed by atoms with van der Waals surface area (Å²) in [6.45, 7) is 12.0. The number of hydrazine groups is 1. The third kappa shape index (κ3) is 11.5. The summed E-state index contributed by atoms with van der Waals surface area (Å²) in [6, 6.07) is 26.1. The van der Waals surface area contributed by atoms with Gasteiger partial charge in [0, 0.05) is 56.7 Å². The van der Waals surface area contributed by atoms with Crippen LogP contribution in [-0.2, 0) is 29.1 Å². The number of aromatic nitrogens is 2. The van der Waals surface area contributed by atoms with Crippen molar-refractivity contribution in [1.29, 1.82) is 0 Å². The van der Waals surface area contributed by atoms with E-state index in [1.165, 1.54) is 0 Å². The molecule has 2 aromatic carbocycles. The van der Waals surface area contributed by atoms with E-state index in [2.05, 4.69) is 26.0 Å². The van der Waals surface area contributed by atoms with Crippen LogP contribution in [0.5, 0.6) is 0 Å². The zero-order valence-electron chi connectivity index (χ0n) is 36.0. The molecule has 6 rings (SSSR count). The molecule has 6 atom stereocenters. The fourth-order valence-corrected chi connectivity index (χ4v) is 8.18. The molecular weight excluding hydrogens is 771 g/mol. The molecule has 14 heteroatoms. The third-order valence-corrected chi connectivity index (χ3v) is 11.9. The number of aliphatic hydroxyl groups is 1. The number of aliphatic hydroxyl groups excluding tert-OH is 1. The van der Waals surface area contributed by atoms with Crippen molar-refractivity contribution >= 4 is 23.9 Å². The summed E-state index contributed by atoms with van der Waals surface area (Å²) in [5, 5.41) is 19.9. The molecule has 2 aliphatic rings. The van der Waals surface area contributed by atoms with Crippen LogP contribution in [0.2, 0.25) is 0 Å². The predicted octanol–water partition coefficient (Wildman–Crippen LogP) is 5.17. The van der Waals surface area contributed by atoms with Crippen molar-refractivity contribution in [3.8, 4) is 11.3 Å². The van der Waals surface area contributed by atoms with E-state index >= 15 is 0 Å². The molecule has 6 amide bonds. The zero-order valence-corrected chi connectivity index (χ0v) is 36.0. The highest BCUT2D eigenvalue weighted by atomic mass is 16.3. The van der Waals surface area contributed by atoms with E-state index in [0.717, 1.165) is 33.8 Å². The minimum Gasteiger partial charge on any atom is -0.390 e. The Labute approximate surface area is 359 Å². The summed E-state index contributed by atoms with van der Waals surface area (Å²) < 4.78 is 0. The van der Waals surface area contributed by atoms with Crippen LogP contribution in [0.25, 0.3) is 11.3 Å². The number of pyridine rings is 2. The quantitative estimate of drug-likeness (QED) is 0.0888. The molecule has 2 fully saturated rings. The van der Waals surface area contributed by atoms with E-state index in [9.17, 15) is 24.3 Å². The lowest BCUT2D eigenvalue weighted by atomic mass is 9.95. The normalized spacial score (nSPS) is 17.1. The molecule has 0 bridgehead atoms. The van der Waals surface area contributed by atoms with Gasteiger partial charge in [-0.2, -0.15) is 0 Å². The lowest BCUT2D eigenvalue weighted by Crippen LogP contribution is -2.59. The second kappa shape index (κ2) is 21.1. The number of carbonyl (C=O) groups is 4. The van der Waals surface area contributed by atoms with Crippen molar-refractivity contribution in [1.82, 2.24) is 45.7 Å². The molecule has 0 radical (unpaired) electrons. The summed E-state index contributed by atoms with van der Waals surface area (Å²) >= 11 is 0. The lowest BCUT2D eigenvalue weighted by Gasteiger charge is -2.36. The van der Waals surface area contributed by atoms with Gasteiger partial charge in [-0.3, -0.25) is 25.0 Å². The first-order chi connectivity index (χ1) is 29.4. The van der Waals surface area contributed by atoms with Gasteiger partial charge in [0.25, 0.3) is 5.91 Å². The Morgan fingerprint density at radius 1 is 0.820 bits per heavy atom. The molecule has 2 aromatic heterocycles. The number of hydrogen-bond donors (Lipinski definition) is 4. The van der Waals surface area contributed by atoms with E-state index < -0.39 is 24.2 Å².